The van der Waals surface area contributed by atoms with E-state index in [1.165, 1.54) is 11.1 Å². The molecule has 0 atom stereocenters. The van der Waals surface area contributed by atoms with Crippen LogP contribution in [0.5, 0.6) is 5.75 Å². The number of fused-ring (bicyclic) bond motifs is 1. The lowest BCUT2D eigenvalue weighted by atomic mass is 10.1. The van der Waals surface area contributed by atoms with Crippen LogP contribution in [0.4, 0.5) is 0 Å². The van der Waals surface area contributed by atoms with Gasteiger partial charge >= 0.3 is 5.97 Å². The van der Waals surface area contributed by atoms with Crippen molar-refractivity contribution in [2.75, 3.05) is 0 Å². The number of carbonyl (C=O) groups is 1. The van der Waals surface area contributed by atoms with E-state index in [0.717, 1.165) is 27.6 Å². The number of ether oxygens (including phenoxy) is 2. The topological polar surface area (TPSA) is 35.5 Å². The van der Waals surface area contributed by atoms with Gasteiger partial charge < -0.3 is 9.47 Å². The number of esters is 1. The molecule has 0 aliphatic heterocycles. The molecule has 0 radical (unpaired) electrons. The van der Waals surface area contributed by atoms with E-state index in [0.29, 0.717) is 12.2 Å². The highest BCUT2D eigenvalue weighted by Crippen LogP contribution is 2.23. The van der Waals surface area contributed by atoms with E-state index in [9.17, 15) is 4.79 Å². The third kappa shape index (κ3) is 4.87. The Balaban J connectivity index is 1.41. The van der Waals surface area contributed by atoms with E-state index < -0.39 is 0 Å². The van der Waals surface area contributed by atoms with Crippen LogP contribution in [0, 0.1) is 13.8 Å². The number of carbonyl (C=O) groups excluding carboxylic acids is 1. The van der Waals surface area contributed by atoms with Gasteiger partial charge in [-0.05, 0) is 60.0 Å². The zero-order chi connectivity index (χ0) is 20.9. The van der Waals surface area contributed by atoms with E-state index >= 15 is 0 Å². The van der Waals surface area contributed by atoms with Gasteiger partial charge in [-0.1, -0.05) is 71.8 Å². The van der Waals surface area contributed by atoms with Crippen molar-refractivity contribution >= 4 is 16.7 Å². The van der Waals surface area contributed by atoms with Crippen molar-refractivity contribution < 1.29 is 14.3 Å². The molecule has 0 amide bonds. The molecule has 30 heavy (non-hydrogen) atoms. The molecule has 0 spiro atoms. The number of benzene rings is 4. The normalized spacial score (nSPS) is 10.7. The molecular formula is C27H24O3. The molecule has 0 aromatic heterocycles. The summed E-state index contributed by atoms with van der Waals surface area (Å²) < 4.78 is 11.4. The Hall–Kier alpha value is -3.59. The average molecular weight is 396 g/mol. The molecule has 4 aromatic carbocycles. The van der Waals surface area contributed by atoms with Crippen LogP contribution in [-0.4, -0.2) is 5.97 Å². The van der Waals surface area contributed by atoms with Gasteiger partial charge in [0.1, 0.15) is 19.0 Å². The molecule has 3 heteroatoms. The highest BCUT2D eigenvalue weighted by molar-refractivity contribution is 5.95. The van der Waals surface area contributed by atoms with Crippen molar-refractivity contribution in [1.82, 2.24) is 0 Å². The lowest BCUT2D eigenvalue weighted by Gasteiger charge is -2.09. The molecule has 4 aromatic rings. The fraction of sp³-hybridized carbons (Fsp3) is 0.148. The zero-order valence-electron chi connectivity index (χ0n) is 17.2. The van der Waals surface area contributed by atoms with Crippen molar-refractivity contribution in [3.05, 3.63) is 113 Å². The monoisotopic (exact) mass is 396 g/mol. The van der Waals surface area contributed by atoms with E-state index in [1.807, 2.05) is 61.5 Å². The first-order valence-corrected chi connectivity index (χ1v) is 10.0. The molecule has 0 heterocycles. The van der Waals surface area contributed by atoms with Crippen LogP contribution < -0.4 is 4.74 Å². The van der Waals surface area contributed by atoms with E-state index in [2.05, 4.69) is 31.2 Å². The summed E-state index contributed by atoms with van der Waals surface area (Å²) in [7, 11) is 0. The molecule has 4 rings (SSSR count). The molecule has 0 unspecified atom stereocenters. The van der Waals surface area contributed by atoms with Crippen molar-refractivity contribution in [3.63, 3.8) is 0 Å². The maximum Gasteiger partial charge on any atom is 0.338 e. The van der Waals surface area contributed by atoms with Gasteiger partial charge in [0.2, 0.25) is 0 Å². The Morgan fingerprint density at radius 1 is 0.667 bits per heavy atom. The predicted molar refractivity (Wildman–Crippen MR) is 120 cm³/mol. The van der Waals surface area contributed by atoms with Crippen LogP contribution >= 0.6 is 0 Å². The summed E-state index contributed by atoms with van der Waals surface area (Å²) in [6, 6.07) is 27.8. The van der Waals surface area contributed by atoms with Crippen molar-refractivity contribution in [2.45, 2.75) is 27.1 Å². The van der Waals surface area contributed by atoms with Crippen molar-refractivity contribution in [1.29, 1.82) is 0 Å². The highest BCUT2D eigenvalue weighted by Gasteiger charge is 2.09. The molecule has 0 N–H and O–H groups in total. The third-order valence-corrected chi connectivity index (χ3v) is 5.06. The largest absolute Gasteiger partial charge is 0.489 e. The fourth-order valence-corrected chi connectivity index (χ4v) is 3.21. The van der Waals surface area contributed by atoms with Crippen LogP contribution in [0.3, 0.4) is 0 Å². The number of aryl methyl sites for hydroxylation is 2. The molecule has 0 fully saturated rings. The molecule has 0 aliphatic rings. The minimum atomic E-state index is -0.322. The average Bonchev–Trinajstić information content (AvgIpc) is 2.77. The first-order chi connectivity index (χ1) is 14.6. The Kier molecular flexibility index (Phi) is 5.80. The maximum absolute atomic E-state index is 12.4. The van der Waals surface area contributed by atoms with E-state index in [4.69, 9.17) is 9.47 Å². The Morgan fingerprint density at radius 2 is 1.23 bits per heavy atom. The summed E-state index contributed by atoms with van der Waals surface area (Å²) in [5.41, 5.74) is 5.07. The maximum atomic E-state index is 12.4. The van der Waals surface area contributed by atoms with Crippen LogP contribution in [0.1, 0.15) is 32.6 Å². The van der Waals surface area contributed by atoms with Gasteiger partial charge in [-0.2, -0.15) is 0 Å². The van der Waals surface area contributed by atoms with Crippen LogP contribution in [0.15, 0.2) is 84.9 Å². The molecule has 3 nitrogen and oxygen atoms in total. The number of hydrogen-bond acceptors (Lipinski definition) is 3. The van der Waals surface area contributed by atoms with Crippen molar-refractivity contribution in [3.8, 4) is 5.75 Å². The Morgan fingerprint density at radius 3 is 1.90 bits per heavy atom. The minimum absolute atomic E-state index is 0.267. The fourth-order valence-electron chi connectivity index (χ4n) is 3.21. The lowest BCUT2D eigenvalue weighted by molar-refractivity contribution is 0.0473. The van der Waals surface area contributed by atoms with Crippen molar-refractivity contribution in [2.24, 2.45) is 0 Å². The number of hydrogen-bond donors (Lipinski definition) is 0. The minimum Gasteiger partial charge on any atom is -0.489 e. The second kappa shape index (κ2) is 8.83. The van der Waals surface area contributed by atoms with Crippen LogP contribution in [-0.2, 0) is 18.0 Å². The summed E-state index contributed by atoms with van der Waals surface area (Å²) in [5.74, 6) is 0.481. The quantitative estimate of drug-likeness (QED) is 0.354. The summed E-state index contributed by atoms with van der Waals surface area (Å²) in [6.45, 7) is 4.89. The van der Waals surface area contributed by atoms with Gasteiger partial charge in [-0.15, -0.1) is 0 Å². The van der Waals surface area contributed by atoms with E-state index in [-0.39, 0.29) is 12.6 Å². The van der Waals surface area contributed by atoms with Gasteiger partial charge in [0.15, 0.2) is 0 Å². The van der Waals surface area contributed by atoms with Gasteiger partial charge in [0, 0.05) is 0 Å². The van der Waals surface area contributed by atoms with Crippen LogP contribution in [0.2, 0.25) is 0 Å². The lowest BCUT2D eigenvalue weighted by Crippen LogP contribution is -2.05. The summed E-state index contributed by atoms with van der Waals surface area (Å²) in [6.07, 6.45) is 0. The first-order valence-electron chi connectivity index (χ1n) is 10.0. The van der Waals surface area contributed by atoms with Gasteiger partial charge in [-0.25, -0.2) is 4.79 Å². The van der Waals surface area contributed by atoms with Gasteiger partial charge in [0.05, 0.1) is 5.56 Å². The Labute approximate surface area is 176 Å². The summed E-state index contributed by atoms with van der Waals surface area (Å²) >= 11 is 0. The second-order valence-corrected chi connectivity index (χ2v) is 7.56. The SMILES string of the molecule is Cc1ccc(COC(=O)c2ccc3cc(OCc4ccc(C)cc4)ccc3c2)cc1. The molecule has 0 saturated heterocycles. The molecule has 150 valence electrons. The molecule has 0 aliphatic carbocycles. The van der Waals surface area contributed by atoms with E-state index in [1.54, 1.807) is 6.07 Å². The first kappa shape index (κ1) is 19.7. The van der Waals surface area contributed by atoms with Gasteiger partial charge in [0.25, 0.3) is 0 Å². The second-order valence-electron chi connectivity index (χ2n) is 7.56. The summed E-state index contributed by atoms with van der Waals surface area (Å²) in [4.78, 5) is 12.4. The third-order valence-electron chi connectivity index (χ3n) is 5.06. The van der Waals surface area contributed by atoms with Crippen LogP contribution in [0.25, 0.3) is 10.8 Å². The zero-order valence-corrected chi connectivity index (χ0v) is 17.2. The summed E-state index contributed by atoms with van der Waals surface area (Å²) in [5, 5.41) is 1.99. The molecular weight excluding hydrogens is 372 g/mol. The molecule has 0 bridgehead atoms. The molecule has 0 saturated carbocycles. The Bertz CT molecular complexity index is 1160. The van der Waals surface area contributed by atoms with Gasteiger partial charge in [-0.3, -0.25) is 0 Å². The predicted octanol–water partition coefficient (Wildman–Crippen LogP) is 6.39. The standard InChI is InChI=1S/C27H24O3/c1-19-3-7-21(8-4-19)17-29-26-14-13-23-15-25(12-11-24(23)16-26)27(28)30-18-22-9-5-20(2)6-10-22/h3-16H,17-18H2,1-2H3. The number of rotatable bonds is 6. The smallest absolute Gasteiger partial charge is 0.338 e. The highest BCUT2D eigenvalue weighted by atomic mass is 16.5.